The van der Waals surface area contributed by atoms with Crippen molar-refractivity contribution in [2.24, 2.45) is 4.99 Å². The molecule has 7 heteroatoms. The van der Waals surface area contributed by atoms with E-state index in [0.29, 0.717) is 27.9 Å². The van der Waals surface area contributed by atoms with Crippen LogP contribution in [0.4, 0.5) is 0 Å². The van der Waals surface area contributed by atoms with Gasteiger partial charge in [0.25, 0.3) is 0 Å². The van der Waals surface area contributed by atoms with Gasteiger partial charge in [0, 0.05) is 0 Å². The van der Waals surface area contributed by atoms with Crippen molar-refractivity contribution in [3.05, 3.63) is 41.1 Å². The summed E-state index contributed by atoms with van der Waals surface area (Å²) in [7, 11) is 2.92. The van der Waals surface area contributed by atoms with Crippen LogP contribution in [0.1, 0.15) is 18.5 Å². The molecule has 0 aliphatic carbocycles. The third-order valence-electron chi connectivity index (χ3n) is 3.82. The maximum Gasteiger partial charge on any atom is 0.338 e. The first-order chi connectivity index (χ1) is 11.1. The fourth-order valence-electron chi connectivity index (χ4n) is 2.71. The van der Waals surface area contributed by atoms with Crippen molar-refractivity contribution in [1.82, 2.24) is 4.90 Å². The van der Waals surface area contributed by atoms with Gasteiger partial charge in [0.1, 0.15) is 5.75 Å². The van der Waals surface area contributed by atoms with Crippen LogP contribution in [0.25, 0.3) is 0 Å². The molecule has 1 aromatic rings. The van der Waals surface area contributed by atoms with E-state index in [1.54, 1.807) is 31.1 Å². The van der Waals surface area contributed by atoms with Gasteiger partial charge in [0.15, 0.2) is 5.17 Å². The number of rotatable bonds is 3. The largest absolute Gasteiger partial charge is 0.497 e. The number of nitrogens with zero attached hydrogens (tertiary/aromatic N) is 2. The summed E-state index contributed by atoms with van der Waals surface area (Å²) in [4.78, 5) is 30.5. The minimum absolute atomic E-state index is 0.0662. The summed E-state index contributed by atoms with van der Waals surface area (Å²) in [5.74, 6) is 0.493. The Morgan fingerprint density at radius 2 is 2.00 bits per heavy atom. The number of methoxy groups -OCH3 is 2. The zero-order valence-electron chi connectivity index (χ0n) is 13.0. The van der Waals surface area contributed by atoms with Crippen molar-refractivity contribution in [2.75, 3.05) is 20.0 Å². The van der Waals surface area contributed by atoms with Crippen LogP contribution in [0.5, 0.6) is 5.75 Å². The highest BCUT2D eigenvalue weighted by atomic mass is 32.2. The highest BCUT2D eigenvalue weighted by molar-refractivity contribution is 8.15. The maximum atomic E-state index is 12.3. The number of allylic oxidation sites excluding steroid dienone is 1. The Balaban J connectivity index is 2.12. The second kappa shape index (κ2) is 6.08. The van der Waals surface area contributed by atoms with E-state index in [-0.39, 0.29) is 5.91 Å². The van der Waals surface area contributed by atoms with Gasteiger partial charge in [0.2, 0.25) is 5.91 Å². The molecule has 2 aliphatic heterocycles. The molecule has 1 saturated heterocycles. The molecule has 0 N–H and O–H groups in total. The molecule has 120 valence electrons. The molecule has 1 unspecified atom stereocenters. The molecular formula is C16H16N2O4S. The molecule has 0 bridgehead atoms. The summed E-state index contributed by atoms with van der Waals surface area (Å²) in [5.41, 5.74) is 1.78. The lowest BCUT2D eigenvalue weighted by Crippen LogP contribution is -2.39. The Kier molecular flexibility index (Phi) is 4.12. The molecule has 23 heavy (non-hydrogen) atoms. The number of amides is 1. The fourth-order valence-corrected chi connectivity index (χ4v) is 3.65. The number of aliphatic imine (C=N–C) groups is 1. The molecule has 0 aromatic heterocycles. The van der Waals surface area contributed by atoms with Crippen LogP contribution in [-0.2, 0) is 14.3 Å². The van der Waals surface area contributed by atoms with Gasteiger partial charge in [-0.1, -0.05) is 23.9 Å². The molecule has 1 fully saturated rings. The number of esters is 1. The number of hydrogen-bond donors (Lipinski definition) is 0. The Bertz CT molecular complexity index is 724. The average Bonchev–Trinajstić information content (AvgIpc) is 2.93. The summed E-state index contributed by atoms with van der Waals surface area (Å²) in [5, 5.41) is 0.626. The normalized spacial score (nSPS) is 20.3. The highest BCUT2D eigenvalue weighted by Crippen LogP contribution is 2.41. The molecule has 0 spiro atoms. The van der Waals surface area contributed by atoms with Gasteiger partial charge in [-0.2, -0.15) is 0 Å². The first-order valence-electron chi connectivity index (χ1n) is 7.03. The zero-order chi connectivity index (χ0) is 16.6. The van der Waals surface area contributed by atoms with Crippen molar-refractivity contribution in [1.29, 1.82) is 0 Å². The van der Waals surface area contributed by atoms with Gasteiger partial charge in [-0.05, 0) is 24.6 Å². The maximum absolute atomic E-state index is 12.3. The number of hydrogen-bond acceptors (Lipinski definition) is 6. The molecule has 0 radical (unpaired) electrons. The fraction of sp³-hybridized carbons (Fsp3) is 0.312. The van der Waals surface area contributed by atoms with Gasteiger partial charge in [-0.3, -0.25) is 9.69 Å². The molecule has 0 saturated carbocycles. The number of carbonyl (C=O) groups is 2. The number of benzene rings is 1. The van der Waals surface area contributed by atoms with E-state index >= 15 is 0 Å². The first kappa shape index (κ1) is 15.6. The summed E-state index contributed by atoms with van der Waals surface area (Å²) >= 11 is 1.38. The van der Waals surface area contributed by atoms with E-state index in [4.69, 9.17) is 9.47 Å². The third-order valence-corrected chi connectivity index (χ3v) is 4.76. The van der Waals surface area contributed by atoms with Crippen molar-refractivity contribution in [2.45, 2.75) is 13.0 Å². The van der Waals surface area contributed by atoms with Crippen LogP contribution >= 0.6 is 11.8 Å². The van der Waals surface area contributed by atoms with Gasteiger partial charge >= 0.3 is 5.97 Å². The number of ether oxygens (including phenoxy) is 2. The lowest BCUT2D eigenvalue weighted by molar-refractivity contribution is -0.137. The van der Waals surface area contributed by atoms with Crippen molar-refractivity contribution in [3.8, 4) is 5.75 Å². The average molecular weight is 332 g/mol. The Morgan fingerprint density at radius 3 is 2.61 bits per heavy atom. The second-order valence-corrected chi connectivity index (χ2v) is 6.06. The molecule has 2 aliphatic rings. The SMILES string of the molecule is COC(=O)C1=C(C)N=C2SCC(=O)N2C1c1ccc(OC)cc1. The second-order valence-electron chi connectivity index (χ2n) is 5.11. The number of thioether (sulfide) groups is 1. The molecule has 1 aromatic carbocycles. The lowest BCUT2D eigenvalue weighted by atomic mass is 9.94. The number of fused-ring (bicyclic) bond motifs is 1. The Morgan fingerprint density at radius 1 is 1.30 bits per heavy atom. The molecule has 6 nitrogen and oxygen atoms in total. The lowest BCUT2D eigenvalue weighted by Gasteiger charge is -2.32. The van der Waals surface area contributed by atoms with E-state index in [0.717, 1.165) is 5.56 Å². The smallest absolute Gasteiger partial charge is 0.338 e. The van der Waals surface area contributed by atoms with E-state index < -0.39 is 12.0 Å². The summed E-state index contributed by atoms with van der Waals surface area (Å²) < 4.78 is 10.1. The van der Waals surface area contributed by atoms with Gasteiger partial charge in [0.05, 0.1) is 37.3 Å². The first-order valence-corrected chi connectivity index (χ1v) is 8.02. The van der Waals surface area contributed by atoms with Crippen LogP contribution in [0, 0.1) is 0 Å². The Hall–Kier alpha value is -2.28. The molecule has 1 amide bonds. The number of amidine groups is 1. The van der Waals surface area contributed by atoms with Crippen LogP contribution in [0.2, 0.25) is 0 Å². The van der Waals surface area contributed by atoms with Gasteiger partial charge in [-0.25, -0.2) is 9.79 Å². The minimum Gasteiger partial charge on any atom is -0.497 e. The van der Waals surface area contributed by atoms with Crippen molar-refractivity contribution < 1.29 is 19.1 Å². The molecule has 3 rings (SSSR count). The van der Waals surface area contributed by atoms with Gasteiger partial charge in [-0.15, -0.1) is 0 Å². The van der Waals surface area contributed by atoms with Crippen molar-refractivity contribution in [3.63, 3.8) is 0 Å². The van der Waals surface area contributed by atoms with Crippen LogP contribution in [0.15, 0.2) is 40.5 Å². The van der Waals surface area contributed by atoms with Crippen molar-refractivity contribution >= 4 is 28.8 Å². The quantitative estimate of drug-likeness (QED) is 0.793. The molecular weight excluding hydrogens is 316 g/mol. The standard InChI is InChI=1S/C16H16N2O4S/c1-9-13(15(20)22-3)14(10-4-6-11(21-2)7-5-10)18-12(19)8-23-16(18)17-9/h4-7,14H,8H2,1-3H3. The summed E-state index contributed by atoms with van der Waals surface area (Å²) in [6.45, 7) is 1.76. The van der Waals surface area contributed by atoms with E-state index in [2.05, 4.69) is 4.99 Å². The number of carbonyl (C=O) groups excluding carboxylic acids is 2. The van der Waals surface area contributed by atoms with E-state index in [1.165, 1.54) is 18.9 Å². The Labute approximate surface area is 138 Å². The van der Waals surface area contributed by atoms with Crippen LogP contribution in [-0.4, -0.2) is 41.9 Å². The summed E-state index contributed by atoms with van der Waals surface area (Å²) in [6, 6.07) is 6.78. The zero-order valence-corrected chi connectivity index (χ0v) is 13.8. The van der Waals surface area contributed by atoms with Gasteiger partial charge < -0.3 is 9.47 Å². The predicted octanol–water partition coefficient (Wildman–Crippen LogP) is 2.13. The monoisotopic (exact) mass is 332 g/mol. The molecule has 2 heterocycles. The summed E-state index contributed by atoms with van der Waals surface area (Å²) in [6.07, 6.45) is 0. The van der Waals surface area contributed by atoms with E-state index in [1.807, 2.05) is 12.1 Å². The third kappa shape index (κ3) is 2.61. The minimum atomic E-state index is -0.525. The topological polar surface area (TPSA) is 68.2 Å². The van der Waals surface area contributed by atoms with Crippen LogP contribution < -0.4 is 4.74 Å². The van der Waals surface area contributed by atoms with E-state index in [9.17, 15) is 9.59 Å². The van der Waals surface area contributed by atoms with Crippen LogP contribution in [0.3, 0.4) is 0 Å². The molecule has 1 atom stereocenters. The highest BCUT2D eigenvalue weighted by Gasteiger charge is 2.43. The predicted molar refractivity (Wildman–Crippen MR) is 87.2 cm³/mol.